The van der Waals surface area contributed by atoms with Gasteiger partial charge in [0.05, 0.1) is 6.33 Å². The Morgan fingerprint density at radius 3 is 2.45 bits per heavy atom. The van der Waals surface area contributed by atoms with Crippen LogP contribution in [0.5, 0.6) is 11.5 Å². The molecule has 0 aliphatic rings. The van der Waals surface area contributed by atoms with E-state index in [2.05, 4.69) is 4.98 Å². The zero-order valence-corrected chi connectivity index (χ0v) is 20.0. The second kappa shape index (κ2) is 11.9. The highest BCUT2D eigenvalue weighted by Crippen LogP contribution is 2.24. The van der Waals surface area contributed by atoms with E-state index in [1.165, 1.54) is 15.2 Å². The number of aliphatic hydroxyl groups is 1. The minimum atomic E-state index is -0.753. The van der Waals surface area contributed by atoms with Crippen molar-refractivity contribution in [2.75, 3.05) is 26.2 Å². The number of fused-ring (bicyclic) bond motifs is 1. The maximum atomic E-state index is 12.9. The summed E-state index contributed by atoms with van der Waals surface area (Å²) in [4.78, 5) is 31.7. The molecule has 2 aromatic heterocycles. The third-order valence-electron chi connectivity index (χ3n) is 5.49. The predicted octanol–water partition coefficient (Wildman–Crippen LogP) is 1.29. The third-order valence-corrected chi connectivity index (χ3v) is 5.49. The number of para-hydroxylation sites is 2. The molecule has 2 heterocycles. The molecular weight excluding hydrogens is 450 g/mol. The Balaban J connectivity index is 0.00000385. The number of benzene rings is 1. The first-order chi connectivity index (χ1) is 15.4. The Hall–Kier alpha value is -2.82. The number of aromatic hydroxyl groups is 1. The van der Waals surface area contributed by atoms with Crippen LogP contribution in [0.3, 0.4) is 0 Å². The van der Waals surface area contributed by atoms with Crippen LogP contribution in [0.4, 0.5) is 0 Å². The molecule has 3 rings (SSSR count). The van der Waals surface area contributed by atoms with E-state index in [4.69, 9.17) is 4.74 Å². The standard InChI is InChI=1S/C22H31N5O5.ClH/c1-4-24(13-16(28)14-32-18-10-8-7-9-17(18)29)11-12-25-15-23-20-19(25)21(30)27(6-3)22(31)26(20)5-2;/h7-10,15-16,28-29H,4-6,11-14H2,1-3H3;1H. The molecule has 10 nitrogen and oxygen atoms in total. The molecule has 0 saturated carbocycles. The van der Waals surface area contributed by atoms with E-state index in [0.29, 0.717) is 56.2 Å². The van der Waals surface area contributed by atoms with Crippen LogP contribution >= 0.6 is 12.4 Å². The summed E-state index contributed by atoms with van der Waals surface area (Å²) in [7, 11) is 0. The lowest BCUT2D eigenvalue weighted by atomic mass is 10.3. The van der Waals surface area contributed by atoms with Gasteiger partial charge < -0.3 is 19.5 Å². The fourth-order valence-corrected chi connectivity index (χ4v) is 3.72. The summed E-state index contributed by atoms with van der Waals surface area (Å²) in [6.45, 7) is 8.50. The van der Waals surface area contributed by atoms with Crippen molar-refractivity contribution < 1.29 is 14.9 Å². The fraction of sp³-hybridized carbons (Fsp3) is 0.500. The summed E-state index contributed by atoms with van der Waals surface area (Å²) in [5, 5.41) is 20.2. The minimum absolute atomic E-state index is 0. The zero-order valence-electron chi connectivity index (χ0n) is 19.2. The third kappa shape index (κ3) is 5.76. The van der Waals surface area contributed by atoms with Gasteiger partial charge in [0, 0.05) is 32.7 Å². The number of likely N-dealkylation sites (N-methyl/N-ethyl adjacent to an activating group) is 1. The normalized spacial score (nSPS) is 12.2. The van der Waals surface area contributed by atoms with Crippen molar-refractivity contribution in [1.82, 2.24) is 23.6 Å². The second-order valence-electron chi connectivity index (χ2n) is 7.51. The van der Waals surface area contributed by atoms with E-state index in [9.17, 15) is 19.8 Å². The lowest BCUT2D eigenvalue weighted by Crippen LogP contribution is -2.40. The average Bonchev–Trinajstić information content (AvgIpc) is 3.20. The Labute approximate surface area is 198 Å². The number of ether oxygens (including phenoxy) is 1. The SMILES string of the molecule is CCN(CCn1cnc2c1c(=O)n(CC)c(=O)n2CC)CC(O)COc1ccccc1O.Cl. The van der Waals surface area contributed by atoms with E-state index >= 15 is 0 Å². The van der Waals surface area contributed by atoms with Gasteiger partial charge in [-0.25, -0.2) is 9.78 Å². The molecule has 0 fully saturated rings. The van der Waals surface area contributed by atoms with Crippen molar-refractivity contribution in [2.45, 2.75) is 46.5 Å². The van der Waals surface area contributed by atoms with Gasteiger partial charge in [0.2, 0.25) is 0 Å². The van der Waals surface area contributed by atoms with Crippen LogP contribution in [-0.4, -0.2) is 66.1 Å². The second-order valence-corrected chi connectivity index (χ2v) is 7.51. The molecule has 0 saturated heterocycles. The van der Waals surface area contributed by atoms with Crippen molar-refractivity contribution in [1.29, 1.82) is 0 Å². The van der Waals surface area contributed by atoms with E-state index < -0.39 is 6.10 Å². The van der Waals surface area contributed by atoms with Crippen molar-refractivity contribution >= 4 is 23.6 Å². The largest absolute Gasteiger partial charge is 0.504 e. The first-order valence-electron chi connectivity index (χ1n) is 10.9. The smallest absolute Gasteiger partial charge is 0.332 e. The molecule has 0 aliphatic heterocycles. The van der Waals surface area contributed by atoms with Crippen molar-refractivity contribution in [2.24, 2.45) is 0 Å². The van der Waals surface area contributed by atoms with Crippen molar-refractivity contribution in [3.8, 4) is 11.5 Å². The molecular formula is C22H32ClN5O5. The summed E-state index contributed by atoms with van der Waals surface area (Å²) in [5.41, 5.74) is 0.119. The number of aromatic nitrogens is 4. The van der Waals surface area contributed by atoms with Crippen LogP contribution in [0.15, 0.2) is 40.2 Å². The number of hydrogen-bond acceptors (Lipinski definition) is 7. The molecule has 0 amide bonds. The van der Waals surface area contributed by atoms with Gasteiger partial charge in [-0.2, -0.15) is 0 Å². The first kappa shape index (κ1) is 26.4. The summed E-state index contributed by atoms with van der Waals surface area (Å²) in [6.07, 6.45) is 0.833. The van der Waals surface area contributed by atoms with Gasteiger partial charge in [0.15, 0.2) is 22.7 Å². The molecule has 1 unspecified atom stereocenters. The number of halogens is 1. The summed E-state index contributed by atoms with van der Waals surface area (Å²) < 4.78 is 10.0. The molecule has 1 aromatic carbocycles. The molecule has 0 aliphatic carbocycles. The lowest BCUT2D eigenvalue weighted by Gasteiger charge is -2.24. The molecule has 1 atom stereocenters. The molecule has 182 valence electrons. The lowest BCUT2D eigenvalue weighted by molar-refractivity contribution is 0.0679. The van der Waals surface area contributed by atoms with Crippen LogP contribution in [0.1, 0.15) is 20.8 Å². The maximum Gasteiger partial charge on any atom is 0.332 e. The molecule has 33 heavy (non-hydrogen) atoms. The van der Waals surface area contributed by atoms with Gasteiger partial charge in [-0.05, 0) is 32.5 Å². The van der Waals surface area contributed by atoms with E-state index in [0.717, 1.165) is 0 Å². The number of hydrogen-bond donors (Lipinski definition) is 2. The van der Waals surface area contributed by atoms with Gasteiger partial charge >= 0.3 is 5.69 Å². The van der Waals surface area contributed by atoms with Gasteiger partial charge in [0.25, 0.3) is 5.56 Å². The number of aryl methyl sites for hydroxylation is 1. The van der Waals surface area contributed by atoms with Crippen molar-refractivity contribution in [3.63, 3.8) is 0 Å². The molecule has 11 heteroatoms. The topological polar surface area (TPSA) is 115 Å². The quantitative estimate of drug-likeness (QED) is 0.424. The van der Waals surface area contributed by atoms with Crippen LogP contribution in [0.2, 0.25) is 0 Å². The number of imidazole rings is 1. The number of nitrogens with zero attached hydrogens (tertiary/aromatic N) is 5. The van der Waals surface area contributed by atoms with E-state index in [1.807, 2.05) is 18.7 Å². The van der Waals surface area contributed by atoms with E-state index in [-0.39, 0.29) is 36.0 Å². The molecule has 0 spiro atoms. The highest BCUT2D eigenvalue weighted by atomic mass is 35.5. The maximum absolute atomic E-state index is 12.9. The van der Waals surface area contributed by atoms with Gasteiger partial charge in [-0.1, -0.05) is 19.1 Å². The fourth-order valence-electron chi connectivity index (χ4n) is 3.72. The van der Waals surface area contributed by atoms with E-state index in [1.54, 1.807) is 36.0 Å². The van der Waals surface area contributed by atoms with Crippen LogP contribution in [-0.2, 0) is 19.6 Å². The summed E-state index contributed by atoms with van der Waals surface area (Å²) in [5.74, 6) is 0.357. The monoisotopic (exact) mass is 481 g/mol. The molecule has 2 N–H and O–H groups in total. The number of aliphatic hydroxyl groups excluding tert-OH is 1. The number of phenols is 1. The minimum Gasteiger partial charge on any atom is -0.504 e. The highest BCUT2D eigenvalue weighted by Gasteiger charge is 2.18. The van der Waals surface area contributed by atoms with Gasteiger partial charge in [0.1, 0.15) is 12.7 Å². The first-order valence-corrected chi connectivity index (χ1v) is 10.9. The average molecular weight is 482 g/mol. The predicted molar refractivity (Wildman–Crippen MR) is 129 cm³/mol. The molecule has 0 bridgehead atoms. The van der Waals surface area contributed by atoms with Gasteiger partial charge in [-0.3, -0.25) is 18.8 Å². The zero-order chi connectivity index (χ0) is 23.3. The van der Waals surface area contributed by atoms with Crippen LogP contribution in [0, 0.1) is 0 Å². The Kier molecular flexibility index (Phi) is 9.51. The van der Waals surface area contributed by atoms with Crippen molar-refractivity contribution in [3.05, 3.63) is 51.4 Å². The Morgan fingerprint density at radius 1 is 1.12 bits per heavy atom. The van der Waals surface area contributed by atoms with Crippen LogP contribution in [0.25, 0.3) is 11.2 Å². The Bertz CT molecular complexity index is 1170. The Morgan fingerprint density at radius 2 is 1.82 bits per heavy atom. The molecule has 3 aromatic rings. The summed E-state index contributed by atoms with van der Waals surface area (Å²) in [6, 6.07) is 6.62. The number of phenolic OH excluding ortho intramolecular Hbond substituents is 1. The van der Waals surface area contributed by atoms with Crippen LogP contribution < -0.4 is 16.0 Å². The number of rotatable bonds is 11. The molecule has 0 radical (unpaired) electrons. The highest BCUT2D eigenvalue weighted by molar-refractivity contribution is 5.85. The summed E-state index contributed by atoms with van der Waals surface area (Å²) >= 11 is 0. The van der Waals surface area contributed by atoms with Gasteiger partial charge in [-0.15, -0.1) is 12.4 Å².